The highest BCUT2D eigenvalue weighted by Crippen LogP contribution is 2.19. The van der Waals surface area contributed by atoms with Gasteiger partial charge < -0.3 is 14.6 Å². The van der Waals surface area contributed by atoms with E-state index in [0.717, 1.165) is 0 Å². The van der Waals surface area contributed by atoms with Crippen molar-refractivity contribution in [3.05, 3.63) is 46.4 Å². The number of aromatic amines is 1. The first kappa shape index (κ1) is 14.5. The molecule has 8 heteroatoms. The van der Waals surface area contributed by atoms with Gasteiger partial charge >= 0.3 is 0 Å². The maximum atomic E-state index is 12.3. The van der Waals surface area contributed by atoms with Crippen LogP contribution >= 0.6 is 0 Å². The monoisotopic (exact) mass is 303 g/mol. The fourth-order valence-corrected chi connectivity index (χ4v) is 2.45. The lowest BCUT2D eigenvalue weighted by atomic mass is 10.2. The zero-order valence-electron chi connectivity index (χ0n) is 12.2. The number of nitrogens with one attached hydrogen (secondary N) is 1. The number of carbonyl (C=O) groups is 1. The van der Waals surface area contributed by atoms with Crippen molar-refractivity contribution in [3.8, 4) is 0 Å². The Hall–Kier alpha value is -2.48. The second-order valence-corrected chi connectivity index (χ2v) is 5.16. The molecule has 1 aliphatic heterocycles. The molecule has 0 radical (unpaired) electrons. The summed E-state index contributed by atoms with van der Waals surface area (Å²) < 4.78 is 7.24. The third-order valence-electron chi connectivity index (χ3n) is 3.49. The maximum absolute atomic E-state index is 12.3. The van der Waals surface area contributed by atoms with Gasteiger partial charge in [-0.25, -0.2) is 4.98 Å². The van der Waals surface area contributed by atoms with Crippen LogP contribution in [0.1, 0.15) is 17.6 Å². The third-order valence-corrected chi connectivity index (χ3v) is 3.49. The Morgan fingerprint density at radius 2 is 2.41 bits per heavy atom. The van der Waals surface area contributed by atoms with Crippen molar-refractivity contribution < 1.29 is 9.53 Å². The van der Waals surface area contributed by atoms with Crippen LogP contribution in [0.3, 0.4) is 0 Å². The number of carbonyl (C=O) groups excluding carboxylic acids is 1. The molecule has 1 fully saturated rings. The van der Waals surface area contributed by atoms with E-state index in [-0.39, 0.29) is 24.1 Å². The van der Waals surface area contributed by atoms with Crippen LogP contribution in [0.4, 0.5) is 0 Å². The van der Waals surface area contributed by atoms with Gasteiger partial charge in [-0.05, 0) is 13.0 Å². The summed E-state index contributed by atoms with van der Waals surface area (Å²) in [6.45, 7) is 3.24. The standard InChI is InChI=1S/C14H17N5O3/c1-10-16-11(7-13(20)17-10)12-8-18(5-6-22-12)14(21)9-19-4-2-3-15-19/h2-4,7,12H,5-6,8-9H2,1H3,(H,16,17,20)/t12-/m1/s1. The summed E-state index contributed by atoms with van der Waals surface area (Å²) in [5.41, 5.74) is 0.337. The van der Waals surface area contributed by atoms with Gasteiger partial charge in [0.15, 0.2) is 0 Å². The topological polar surface area (TPSA) is 93.1 Å². The van der Waals surface area contributed by atoms with Crippen molar-refractivity contribution in [2.24, 2.45) is 0 Å². The van der Waals surface area contributed by atoms with E-state index in [9.17, 15) is 9.59 Å². The normalized spacial score (nSPS) is 18.4. The van der Waals surface area contributed by atoms with E-state index in [0.29, 0.717) is 31.2 Å². The SMILES string of the molecule is Cc1nc([C@H]2CN(C(=O)Cn3cccn3)CCO2)cc(=O)[nH]1. The van der Waals surface area contributed by atoms with Gasteiger partial charge in [0.25, 0.3) is 5.56 Å². The summed E-state index contributed by atoms with van der Waals surface area (Å²) in [6, 6.07) is 3.19. The Morgan fingerprint density at radius 3 is 3.14 bits per heavy atom. The van der Waals surface area contributed by atoms with Gasteiger partial charge in [0.05, 0.1) is 18.8 Å². The van der Waals surface area contributed by atoms with Crippen molar-refractivity contribution in [3.63, 3.8) is 0 Å². The second kappa shape index (κ2) is 6.10. The highest BCUT2D eigenvalue weighted by molar-refractivity contribution is 5.76. The zero-order valence-corrected chi connectivity index (χ0v) is 12.2. The maximum Gasteiger partial charge on any atom is 0.251 e. The molecule has 3 heterocycles. The van der Waals surface area contributed by atoms with Crippen molar-refractivity contribution in [2.75, 3.05) is 19.7 Å². The van der Waals surface area contributed by atoms with Crippen LogP contribution in [0.15, 0.2) is 29.3 Å². The Morgan fingerprint density at radius 1 is 1.55 bits per heavy atom. The molecular weight excluding hydrogens is 286 g/mol. The van der Waals surface area contributed by atoms with Crippen LogP contribution in [0.25, 0.3) is 0 Å². The fourth-order valence-electron chi connectivity index (χ4n) is 2.45. The number of hydrogen-bond acceptors (Lipinski definition) is 5. The second-order valence-electron chi connectivity index (χ2n) is 5.16. The average Bonchev–Trinajstić information content (AvgIpc) is 2.99. The summed E-state index contributed by atoms with van der Waals surface area (Å²) in [6.07, 6.45) is 3.01. The average molecular weight is 303 g/mol. The largest absolute Gasteiger partial charge is 0.368 e. The van der Waals surface area contributed by atoms with Gasteiger partial charge in [0.2, 0.25) is 5.91 Å². The predicted octanol–water partition coefficient (Wildman–Crippen LogP) is -0.125. The van der Waals surface area contributed by atoms with Crippen molar-refractivity contribution in [1.82, 2.24) is 24.6 Å². The minimum Gasteiger partial charge on any atom is -0.368 e. The summed E-state index contributed by atoms with van der Waals surface area (Å²) in [5, 5.41) is 4.03. The van der Waals surface area contributed by atoms with Crippen LogP contribution in [0.5, 0.6) is 0 Å². The molecule has 0 saturated carbocycles. The number of morpholine rings is 1. The van der Waals surface area contributed by atoms with E-state index in [1.165, 1.54) is 6.07 Å². The summed E-state index contributed by atoms with van der Waals surface area (Å²) in [7, 11) is 0. The Labute approximate surface area is 126 Å². The Balaban J connectivity index is 1.71. The van der Waals surface area contributed by atoms with E-state index in [1.54, 1.807) is 35.0 Å². The molecule has 1 saturated heterocycles. The van der Waals surface area contributed by atoms with Gasteiger partial charge in [-0.15, -0.1) is 0 Å². The lowest BCUT2D eigenvalue weighted by Crippen LogP contribution is -2.44. The molecule has 1 atom stereocenters. The molecule has 116 valence electrons. The molecule has 22 heavy (non-hydrogen) atoms. The molecule has 2 aromatic rings. The molecule has 2 aromatic heterocycles. The minimum atomic E-state index is -0.378. The molecule has 0 unspecified atom stereocenters. The number of nitrogens with zero attached hydrogens (tertiary/aromatic N) is 4. The zero-order chi connectivity index (χ0) is 15.5. The quantitative estimate of drug-likeness (QED) is 0.853. The van der Waals surface area contributed by atoms with Gasteiger partial charge in [0, 0.05) is 25.0 Å². The van der Waals surface area contributed by atoms with E-state index in [2.05, 4.69) is 15.1 Å². The molecule has 0 aromatic carbocycles. The van der Waals surface area contributed by atoms with Gasteiger partial charge in [-0.3, -0.25) is 14.3 Å². The minimum absolute atomic E-state index is 0.0291. The first-order valence-corrected chi connectivity index (χ1v) is 7.06. The molecule has 3 rings (SSSR count). The van der Waals surface area contributed by atoms with Crippen molar-refractivity contribution in [2.45, 2.75) is 19.6 Å². The first-order chi connectivity index (χ1) is 10.6. The van der Waals surface area contributed by atoms with E-state index in [1.807, 2.05) is 0 Å². The Kier molecular flexibility index (Phi) is 4.01. The molecular formula is C14H17N5O3. The van der Waals surface area contributed by atoms with Gasteiger partial charge in [-0.1, -0.05) is 0 Å². The summed E-state index contributed by atoms with van der Waals surface area (Å²) in [4.78, 5) is 32.4. The smallest absolute Gasteiger partial charge is 0.251 e. The molecule has 0 spiro atoms. The van der Waals surface area contributed by atoms with Crippen LogP contribution in [0, 0.1) is 6.92 Å². The number of amides is 1. The molecule has 1 aliphatic rings. The highest BCUT2D eigenvalue weighted by atomic mass is 16.5. The lowest BCUT2D eigenvalue weighted by Gasteiger charge is -2.32. The van der Waals surface area contributed by atoms with Crippen LogP contribution < -0.4 is 5.56 Å². The summed E-state index contributed by atoms with van der Waals surface area (Å²) in [5.74, 6) is 0.504. The molecule has 0 bridgehead atoms. The van der Waals surface area contributed by atoms with E-state index < -0.39 is 0 Å². The molecule has 1 N–H and O–H groups in total. The van der Waals surface area contributed by atoms with E-state index in [4.69, 9.17) is 4.74 Å². The highest BCUT2D eigenvalue weighted by Gasteiger charge is 2.26. The van der Waals surface area contributed by atoms with Crippen LogP contribution in [-0.2, 0) is 16.1 Å². The fraction of sp³-hybridized carbons (Fsp3) is 0.429. The van der Waals surface area contributed by atoms with Crippen LogP contribution in [-0.4, -0.2) is 50.3 Å². The van der Waals surface area contributed by atoms with Gasteiger partial charge in [-0.2, -0.15) is 5.10 Å². The van der Waals surface area contributed by atoms with E-state index >= 15 is 0 Å². The molecule has 0 aliphatic carbocycles. The Bertz CT molecular complexity index is 710. The number of ether oxygens (including phenoxy) is 1. The summed E-state index contributed by atoms with van der Waals surface area (Å²) >= 11 is 0. The number of aromatic nitrogens is 4. The van der Waals surface area contributed by atoms with Crippen LogP contribution in [0.2, 0.25) is 0 Å². The van der Waals surface area contributed by atoms with Crippen molar-refractivity contribution >= 4 is 5.91 Å². The van der Waals surface area contributed by atoms with Gasteiger partial charge in [0.1, 0.15) is 18.5 Å². The first-order valence-electron chi connectivity index (χ1n) is 7.06. The lowest BCUT2D eigenvalue weighted by molar-refractivity contribution is -0.140. The number of H-pyrrole nitrogens is 1. The molecule has 8 nitrogen and oxygen atoms in total. The molecule has 1 amide bonds. The number of rotatable bonds is 3. The number of hydrogen-bond donors (Lipinski definition) is 1. The predicted molar refractivity (Wildman–Crippen MR) is 77.1 cm³/mol. The number of aryl methyl sites for hydroxylation is 1. The van der Waals surface area contributed by atoms with Crippen molar-refractivity contribution in [1.29, 1.82) is 0 Å². The third kappa shape index (κ3) is 3.22.